The average molecular weight is 339 g/mol. The highest BCUT2D eigenvalue weighted by atomic mass is 32.1. The fourth-order valence-corrected chi connectivity index (χ4v) is 3.49. The Morgan fingerprint density at radius 2 is 2.17 bits per heavy atom. The lowest BCUT2D eigenvalue weighted by atomic mass is 10.2. The number of amides is 1. The van der Waals surface area contributed by atoms with Crippen molar-refractivity contribution in [3.63, 3.8) is 0 Å². The molecule has 3 aromatic heterocycles. The van der Waals surface area contributed by atoms with E-state index in [1.807, 2.05) is 40.7 Å². The van der Waals surface area contributed by atoms with Crippen LogP contribution in [0.2, 0.25) is 0 Å². The maximum Gasteiger partial charge on any atom is 0.270 e. The number of likely N-dealkylation sites (tertiary alicyclic amines) is 1. The number of hydrogen-bond acceptors (Lipinski definition) is 5. The van der Waals surface area contributed by atoms with Gasteiger partial charge in [-0.15, -0.1) is 11.3 Å². The zero-order chi connectivity index (χ0) is 16.4. The first-order chi connectivity index (χ1) is 11.8. The molecule has 3 aromatic rings. The fraction of sp³-hybridized carbons (Fsp3) is 0.235. The Bertz CT molecular complexity index is 836. The maximum absolute atomic E-state index is 12.4. The van der Waals surface area contributed by atoms with Crippen LogP contribution >= 0.6 is 11.3 Å². The van der Waals surface area contributed by atoms with Crippen LogP contribution in [-0.4, -0.2) is 38.8 Å². The number of thiazole rings is 1. The quantitative estimate of drug-likeness (QED) is 0.763. The number of nitrogens with zero attached hydrogens (tertiary/aromatic N) is 3. The van der Waals surface area contributed by atoms with E-state index in [4.69, 9.17) is 0 Å². The third-order valence-corrected chi connectivity index (χ3v) is 4.76. The Morgan fingerprint density at radius 1 is 1.29 bits per heavy atom. The standard InChI is InChI=1S/C17H17N5OS/c23-16(22-7-3-4-8-22)13-9-12(10-19-13)14-11-24-17(20-14)21-15-5-1-2-6-18-15/h1-2,5-6,9-11,19H,3-4,7-8H2,(H,18,20,21). The van der Waals surface area contributed by atoms with Crippen molar-refractivity contribution in [3.8, 4) is 11.3 Å². The molecule has 0 spiro atoms. The minimum Gasteiger partial charge on any atom is -0.357 e. The summed E-state index contributed by atoms with van der Waals surface area (Å²) < 4.78 is 0. The van der Waals surface area contributed by atoms with Gasteiger partial charge in [0.1, 0.15) is 11.5 Å². The van der Waals surface area contributed by atoms with Crippen LogP contribution in [0.1, 0.15) is 23.3 Å². The van der Waals surface area contributed by atoms with E-state index >= 15 is 0 Å². The van der Waals surface area contributed by atoms with E-state index < -0.39 is 0 Å². The second kappa shape index (κ2) is 6.45. The zero-order valence-corrected chi connectivity index (χ0v) is 13.8. The van der Waals surface area contributed by atoms with E-state index in [-0.39, 0.29) is 5.91 Å². The normalized spacial score (nSPS) is 14.1. The molecular weight excluding hydrogens is 322 g/mol. The van der Waals surface area contributed by atoms with Crippen molar-refractivity contribution >= 4 is 28.2 Å². The monoisotopic (exact) mass is 339 g/mol. The molecule has 0 aromatic carbocycles. The number of nitrogens with one attached hydrogen (secondary N) is 2. The third kappa shape index (κ3) is 3.03. The molecule has 1 saturated heterocycles. The molecule has 4 heterocycles. The van der Waals surface area contributed by atoms with Crippen molar-refractivity contribution in [2.45, 2.75) is 12.8 Å². The molecule has 24 heavy (non-hydrogen) atoms. The minimum atomic E-state index is 0.0702. The van der Waals surface area contributed by atoms with Gasteiger partial charge in [-0.1, -0.05) is 6.07 Å². The summed E-state index contributed by atoms with van der Waals surface area (Å²) in [5, 5.41) is 5.93. The molecule has 2 N–H and O–H groups in total. The zero-order valence-electron chi connectivity index (χ0n) is 13.0. The summed E-state index contributed by atoms with van der Waals surface area (Å²) in [6, 6.07) is 7.56. The van der Waals surface area contributed by atoms with Crippen molar-refractivity contribution in [2.75, 3.05) is 18.4 Å². The van der Waals surface area contributed by atoms with Gasteiger partial charge >= 0.3 is 0 Å². The summed E-state index contributed by atoms with van der Waals surface area (Å²) in [5.41, 5.74) is 2.39. The van der Waals surface area contributed by atoms with Gasteiger partial charge in [-0.05, 0) is 31.0 Å². The lowest BCUT2D eigenvalue weighted by Crippen LogP contribution is -2.27. The Morgan fingerprint density at radius 3 is 2.96 bits per heavy atom. The minimum absolute atomic E-state index is 0.0702. The van der Waals surface area contributed by atoms with E-state index in [1.54, 1.807) is 6.20 Å². The van der Waals surface area contributed by atoms with Crippen molar-refractivity contribution < 1.29 is 4.79 Å². The molecule has 0 aliphatic carbocycles. The van der Waals surface area contributed by atoms with Gasteiger partial charge in [-0.2, -0.15) is 0 Å². The van der Waals surface area contributed by atoms with E-state index in [0.29, 0.717) is 5.69 Å². The number of aromatic nitrogens is 3. The predicted octanol–water partition coefficient (Wildman–Crippen LogP) is 3.51. The number of rotatable bonds is 4. The Balaban J connectivity index is 1.49. The molecule has 1 aliphatic rings. The number of hydrogen-bond donors (Lipinski definition) is 2. The van der Waals surface area contributed by atoms with Gasteiger partial charge in [-0.25, -0.2) is 9.97 Å². The molecular formula is C17H17N5OS. The molecule has 0 bridgehead atoms. The fourth-order valence-electron chi connectivity index (χ4n) is 2.77. The number of pyridine rings is 1. The molecule has 1 fully saturated rings. The molecule has 1 amide bonds. The SMILES string of the molecule is O=C(c1cc(-c2csc(Nc3ccccn3)n2)c[nH]1)N1CCCC1. The summed E-state index contributed by atoms with van der Waals surface area (Å²) in [4.78, 5) is 26.2. The van der Waals surface area contributed by atoms with Crippen LogP contribution in [0, 0.1) is 0 Å². The maximum atomic E-state index is 12.4. The van der Waals surface area contributed by atoms with Crippen LogP contribution in [0.3, 0.4) is 0 Å². The first-order valence-corrected chi connectivity index (χ1v) is 8.79. The van der Waals surface area contributed by atoms with Crippen molar-refractivity contribution in [1.82, 2.24) is 19.9 Å². The summed E-state index contributed by atoms with van der Waals surface area (Å²) in [6.07, 6.45) is 5.75. The van der Waals surface area contributed by atoms with Crippen molar-refractivity contribution in [3.05, 3.63) is 47.7 Å². The van der Waals surface area contributed by atoms with E-state index in [0.717, 1.165) is 48.1 Å². The smallest absolute Gasteiger partial charge is 0.270 e. The number of H-pyrrole nitrogens is 1. The van der Waals surface area contributed by atoms with Gasteiger partial charge in [0.2, 0.25) is 0 Å². The van der Waals surface area contributed by atoms with Crippen LogP contribution in [0.4, 0.5) is 10.9 Å². The predicted molar refractivity (Wildman–Crippen MR) is 94.6 cm³/mol. The largest absolute Gasteiger partial charge is 0.357 e. The van der Waals surface area contributed by atoms with E-state index in [2.05, 4.69) is 20.3 Å². The van der Waals surface area contributed by atoms with Crippen LogP contribution in [0.15, 0.2) is 42.0 Å². The topological polar surface area (TPSA) is 73.9 Å². The summed E-state index contributed by atoms with van der Waals surface area (Å²) in [5.74, 6) is 0.832. The Labute approximate surface area is 143 Å². The van der Waals surface area contributed by atoms with Gasteiger partial charge < -0.3 is 15.2 Å². The highest BCUT2D eigenvalue weighted by Crippen LogP contribution is 2.27. The van der Waals surface area contributed by atoms with Crippen LogP contribution in [-0.2, 0) is 0 Å². The van der Waals surface area contributed by atoms with Gasteiger partial charge in [-0.3, -0.25) is 4.79 Å². The highest BCUT2D eigenvalue weighted by molar-refractivity contribution is 7.14. The van der Waals surface area contributed by atoms with Gasteiger partial charge in [0, 0.05) is 36.4 Å². The second-order valence-corrected chi connectivity index (χ2v) is 6.54. The molecule has 0 radical (unpaired) electrons. The van der Waals surface area contributed by atoms with Crippen LogP contribution in [0.5, 0.6) is 0 Å². The second-order valence-electron chi connectivity index (χ2n) is 5.68. The molecule has 1 aliphatic heterocycles. The van der Waals surface area contributed by atoms with Crippen LogP contribution in [0.25, 0.3) is 11.3 Å². The summed E-state index contributed by atoms with van der Waals surface area (Å²) in [6.45, 7) is 1.70. The van der Waals surface area contributed by atoms with Gasteiger partial charge in [0.15, 0.2) is 5.13 Å². The average Bonchev–Trinajstić information content (AvgIpc) is 3.36. The first-order valence-electron chi connectivity index (χ1n) is 7.91. The van der Waals surface area contributed by atoms with Gasteiger partial charge in [0.05, 0.1) is 5.69 Å². The molecule has 0 saturated carbocycles. The molecule has 7 heteroatoms. The number of carbonyl (C=O) groups excluding carboxylic acids is 1. The van der Waals surface area contributed by atoms with Crippen LogP contribution < -0.4 is 5.32 Å². The van der Waals surface area contributed by atoms with Crippen molar-refractivity contribution in [1.29, 1.82) is 0 Å². The lowest BCUT2D eigenvalue weighted by Gasteiger charge is -2.13. The Hall–Kier alpha value is -2.67. The van der Waals surface area contributed by atoms with E-state index in [9.17, 15) is 4.79 Å². The highest BCUT2D eigenvalue weighted by Gasteiger charge is 2.21. The first kappa shape index (κ1) is 14.9. The molecule has 0 unspecified atom stereocenters. The third-order valence-electron chi connectivity index (χ3n) is 4.01. The summed E-state index contributed by atoms with van der Waals surface area (Å²) >= 11 is 1.51. The molecule has 4 rings (SSSR count). The van der Waals surface area contributed by atoms with E-state index in [1.165, 1.54) is 11.3 Å². The van der Waals surface area contributed by atoms with Crippen molar-refractivity contribution in [2.24, 2.45) is 0 Å². The lowest BCUT2D eigenvalue weighted by molar-refractivity contribution is 0.0788. The van der Waals surface area contributed by atoms with Gasteiger partial charge in [0.25, 0.3) is 5.91 Å². The number of carbonyl (C=O) groups is 1. The molecule has 0 atom stereocenters. The number of aromatic amines is 1. The number of anilines is 2. The molecule has 6 nitrogen and oxygen atoms in total. The molecule has 122 valence electrons. The Kier molecular flexibility index (Phi) is 4.00. The summed E-state index contributed by atoms with van der Waals surface area (Å²) in [7, 11) is 0.